The number of rotatable bonds is 7. The van der Waals surface area contributed by atoms with E-state index < -0.39 is 0 Å². The van der Waals surface area contributed by atoms with E-state index in [4.69, 9.17) is 5.73 Å². The van der Waals surface area contributed by atoms with Crippen molar-refractivity contribution in [3.8, 4) is 0 Å². The molecule has 1 aromatic heterocycles. The zero-order valence-corrected chi connectivity index (χ0v) is 14.2. The summed E-state index contributed by atoms with van der Waals surface area (Å²) < 4.78 is 0. The minimum atomic E-state index is -0.0393. The molecular formula is C16H25N3O2S. The molecule has 1 heterocycles. The molecular weight excluding hydrogens is 298 g/mol. The van der Waals surface area contributed by atoms with Crippen LogP contribution in [-0.2, 0) is 11.2 Å². The number of ketones is 1. The van der Waals surface area contributed by atoms with Crippen LogP contribution in [0.1, 0.15) is 67.7 Å². The van der Waals surface area contributed by atoms with Crippen molar-refractivity contribution in [1.82, 2.24) is 4.98 Å². The molecule has 1 aliphatic rings. The Labute approximate surface area is 135 Å². The first kappa shape index (κ1) is 17.1. The van der Waals surface area contributed by atoms with Crippen LogP contribution >= 0.6 is 11.3 Å². The number of anilines is 1. The lowest BCUT2D eigenvalue weighted by Gasteiger charge is -2.26. The molecule has 0 saturated carbocycles. The molecule has 1 aliphatic carbocycles. The molecule has 0 radical (unpaired) electrons. The van der Waals surface area contributed by atoms with E-state index in [0.717, 1.165) is 42.7 Å². The summed E-state index contributed by atoms with van der Waals surface area (Å²) in [5.74, 6) is 0.122. The molecule has 0 aliphatic heterocycles. The summed E-state index contributed by atoms with van der Waals surface area (Å²) in [5.41, 5.74) is 6.24. The molecule has 22 heavy (non-hydrogen) atoms. The summed E-state index contributed by atoms with van der Waals surface area (Å²) in [4.78, 5) is 29.2. The number of fused-ring (bicyclic) bond motifs is 1. The largest absolute Gasteiger partial charge is 0.330 e. The highest BCUT2D eigenvalue weighted by atomic mass is 32.1. The van der Waals surface area contributed by atoms with Crippen molar-refractivity contribution in [3.05, 3.63) is 10.6 Å². The second kappa shape index (κ2) is 7.33. The van der Waals surface area contributed by atoms with Crippen LogP contribution in [0.5, 0.6) is 0 Å². The van der Waals surface area contributed by atoms with Crippen LogP contribution in [0, 0.1) is 5.41 Å². The number of hydrogen-bond acceptors (Lipinski definition) is 5. The first-order valence-corrected chi connectivity index (χ1v) is 8.76. The van der Waals surface area contributed by atoms with Gasteiger partial charge in [-0.25, -0.2) is 4.98 Å². The summed E-state index contributed by atoms with van der Waals surface area (Å²) >= 11 is 1.31. The van der Waals surface area contributed by atoms with Crippen molar-refractivity contribution in [2.24, 2.45) is 11.1 Å². The predicted molar refractivity (Wildman–Crippen MR) is 89.3 cm³/mol. The van der Waals surface area contributed by atoms with Crippen LogP contribution in [0.3, 0.4) is 0 Å². The van der Waals surface area contributed by atoms with Gasteiger partial charge in [-0.15, -0.1) is 0 Å². The van der Waals surface area contributed by atoms with E-state index in [1.807, 2.05) is 0 Å². The van der Waals surface area contributed by atoms with E-state index in [1.165, 1.54) is 11.3 Å². The maximum atomic E-state index is 12.1. The smallest absolute Gasteiger partial charge is 0.226 e. The minimum absolute atomic E-state index is 0.0226. The third-order valence-electron chi connectivity index (χ3n) is 3.84. The number of nitrogens with one attached hydrogen (secondary N) is 1. The van der Waals surface area contributed by atoms with Crippen LogP contribution in [-0.4, -0.2) is 23.2 Å². The first-order valence-electron chi connectivity index (χ1n) is 7.94. The number of carbonyl (C=O) groups is 2. The van der Waals surface area contributed by atoms with Gasteiger partial charge in [0.05, 0.1) is 10.6 Å². The lowest BCUT2D eigenvalue weighted by Crippen LogP contribution is -2.26. The highest BCUT2D eigenvalue weighted by Gasteiger charge is 2.34. The van der Waals surface area contributed by atoms with Gasteiger partial charge in [0, 0.05) is 12.8 Å². The molecule has 5 nitrogen and oxygen atoms in total. The number of unbranched alkanes of at least 4 members (excludes halogenated alkanes) is 3. The van der Waals surface area contributed by atoms with Crippen LogP contribution in [0.15, 0.2) is 0 Å². The van der Waals surface area contributed by atoms with E-state index >= 15 is 0 Å². The molecule has 0 fully saturated rings. The van der Waals surface area contributed by atoms with Gasteiger partial charge >= 0.3 is 0 Å². The van der Waals surface area contributed by atoms with Crippen LogP contribution in [0.2, 0.25) is 0 Å². The predicted octanol–water partition coefficient (Wildman–Crippen LogP) is 3.15. The van der Waals surface area contributed by atoms with Crippen molar-refractivity contribution in [3.63, 3.8) is 0 Å². The Morgan fingerprint density at radius 2 is 2.00 bits per heavy atom. The average Bonchev–Trinajstić information content (AvgIpc) is 2.79. The lowest BCUT2D eigenvalue weighted by atomic mass is 9.78. The van der Waals surface area contributed by atoms with Gasteiger partial charge in [-0.05, 0) is 31.2 Å². The number of amides is 1. The summed E-state index contributed by atoms with van der Waals surface area (Å²) in [6.45, 7) is 4.86. The number of aromatic nitrogens is 1. The molecule has 3 N–H and O–H groups in total. The Bertz CT molecular complexity index is 552. The fourth-order valence-corrected chi connectivity index (χ4v) is 3.67. The zero-order chi connectivity index (χ0) is 16.2. The quantitative estimate of drug-likeness (QED) is 0.755. The van der Waals surface area contributed by atoms with Crippen molar-refractivity contribution in [2.75, 3.05) is 11.9 Å². The maximum Gasteiger partial charge on any atom is 0.226 e. The third-order valence-corrected chi connectivity index (χ3v) is 4.89. The summed E-state index contributed by atoms with van der Waals surface area (Å²) in [6.07, 6.45) is 5.80. The van der Waals surface area contributed by atoms with Gasteiger partial charge in [0.25, 0.3) is 0 Å². The van der Waals surface area contributed by atoms with Crippen molar-refractivity contribution >= 4 is 28.2 Å². The van der Waals surface area contributed by atoms with Crippen LogP contribution in [0.4, 0.5) is 5.13 Å². The fourth-order valence-electron chi connectivity index (χ4n) is 2.74. The van der Waals surface area contributed by atoms with Crippen molar-refractivity contribution < 1.29 is 9.59 Å². The van der Waals surface area contributed by atoms with E-state index in [0.29, 0.717) is 24.5 Å². The van der Waals surface area contributed by atoms with Crippen LogP contribution in [0.25, 0.3) is 0 Å². The molecule has 2 rings (SSSR count). The number of nitrogens with two attached hydrogens (primary N) is 1. The molecule has 0 saturated heterocycles. The standard InChI is InChI=1S/C16H25N3O2S/c1-16(2)9-11-14(12(20)10-16)22-15(18-11)19-13(21)7-5-3-4-6-8-17/h3-10,17H2,1-2H3,(H,18,19,21). The van der Waals surface area contributed by atoms with Crippen LogP contribution < -0.4 is 11.1 Å². The molecule has 0 spiro atoms. The summed E-state index contributed by atoms with van der Waals surface area (Å²) in [5, 5.41) is 3.39. The number of hydrogen-bond donors (Lipinski definition) is 2. The molecule has 0 unspecified atom stereocenters. The Hall–Kier alpha value is -1.27. The van der Waals surface area contributed by atoms with Crippen molar-refractivity contribution in [2.45, 2.75) is 58.8 Å². The molecule has 0 bridgehead atoms. The molecule has 1 aromatic rings. The molecule has 122 valence electrons. The van der Waals surface area contributed by atoms with Gasteiger partial charge in [0.15, 0.2) is 10.9 Å². The van der Waals surface area contributed by atoms with Gasteiger partial charge in [0.2, 0.25) is 5.91 Å². The number of nitrogens with zero attached hydrogens (tertiary/aromatic N) is 1. The Kier molecular flexibility index (Phi) is 5.69. The lowest BCUT2D eigenvalue weighted by molar-refractivity contribution is -0.116. The molecule has 0 atom stereocenters. The van der Waals surface area contributed by atoms with E-state index in [-0.39, 0.29) is 17.1 Å². The molecule has 1 amide bonds. The van der Waals surface area contributed by atoms with E-state index in [9.17, 15) is 9.59 Å². The maximum absolute atomic E-state index is 12.1. The van der Waals surface area contributed by atoms with E-state index in [1.54, 1.807) is 0 Å². The zero-order valence-electron chi connectivity index (χ0n) is 13.4. The van der Waals surface area contributed by atoms with Gasteiger partial charge in [-0.3, -0.25) is 9.59 Å². The highest BCUT2D eigenvalue weighted by Crippen LogP contribution is 2.38. The second-order valence-electron chi connectivity index (χ2n) is 6.74. The molecule has 0 aromatic carbocycles. The first-order chi connectivity index (χ1) is 10.4. The van der Waals surface area contributed by atoms with E-state index in [2.05, 4.69) is 24.1 Å². The number of Topliss-reactive ketones (excluding diaryl/α,β-unsaturated/α-hetero) is 1. The number of thiazole rings is 1. The Morgan fingerprint density at radius 3 is 2.73 bits per heavy atom. The SMILES string of the molecule is CC1(C)CC(=O)c2sc(NC(=O)CCCCCCN)nc2C1. The highest BCUT2D eigenvalue weighted by molar-refractivity contribution is 7.17. The Balaban J connectivity index is 1.87. The summed E-state index contributed by atoms with van der Waals surface area (Å²) in [7, 11) is 0. The minimum Gasteiger partial charge on any atom is -0.330 e. The van der Waals surface area contributed by atoms with Gasteiger partial charge in [-0.1, -0.05) is 38.0 Å². The molecule has 6 heteroatoms. The monoisotopic (exact) mass is 323 g/mol. The van der Waals surface area contributed by atoms with Gasteiger partial charge in [-0.2, -0.15) is 0 Å². The average molecular weight is 323 g/mol. The fraction of sp³-hybridized carbons (Fsp3) is 0.688. The Morgan fingerprint density at radius 1 is 1.27 bits per heavy atom. The topological polar surface area (TPSA) is 85.1 Å². The normalized spacial score (nSPS) is 16.4. The van der Waals surface area contributed by atoms with Gasteiger partial charge in [0.1, 0.15) is 0 Å². The summed E-state index contributed by atoms with van der Waals surface area (Å²) in [6, 6.07) is 0. The second-order valence-corrected chi connectivity index (χ2v) is 7.74. The number of carbonyl (C=O) groups excluding carboxylic acids is 2. The third kappa shape index (κ3) is 4.61. The van der Waals surface area contributed by atoms with Gasteiger partial charge < -0.3 is 11.1 Å². The van der Waals surface area contributed by atoms with Crippen molar-refractivity contribution in [1.29, 1.82) is 0 Å².